The van der Waals surface area contributed by atoms with Crippen LogP contribution in [0.2, 0.25) is 5.02 Å². The normalized spacial score (nSPS) is 15.8. The van der Waals surface area contributed by atoms with Crippen LogP contribution in [0.25, 0.3) is 10.2 Å². The number of hydrogen-bond acceptors (Lipinski definition) is 4. The van der Waals surface area contributed by atoms with E-state index in [0.717, 1.165) is 30.3 Å². The Morgan fingerprint density at radius 1 is 1.30 bits per heavy atom. The molecule has 0 spiro atoms. The third-order valence-corrected chi connectivity index (χ3v) is 4.85. The Morgan fingerprint density at radius 3 is 2.90 bits per heavy atom. The number of hydrogen-bond donors (Lipinski definition) is 0. The molecule has 0 bridgehead atoms. The smallest absolute Gasteiger partial charge is 0.186 e. The topological polar surface area (TPSA) is 34.0 Å². The minimum atomic E-state index is 0.623. The monoisotopic (exact) mass is 304 g/mol. The number of rotatable bonds is 3. The lowest BCUT2D eigenvalue weighted by molar-refractivity contribution is 0.342. The van der Waals surface area contributed by atoms with Crippen LogP contribution in [0.5, 0.6) is 0 Å². The number of anilines is 1. The van der Waals surface area contributed by atoms with Gasteiger partial charge in [0.1, 0.15) is 0 Å². The third kappa shape index (κ3) is 2.17. The van der Waals surface area contributed by atoms with Crippen LogP contribution < -0.4 is 4.90 Å². The summed E-state index contributed by atoms with van der Waals surface area (Å²) in [6, 6.07) is 8.29. The fourth-order valence-corrected chi connectivity index (χ4v) is 3.68. The molecule has 3 heterocycles. The first-order chi connectivity index (χ1) is 9.78. The lowest BCUT2D eigenvalue weighted by atomic mass is 10.0. The second-order valence-electron chi connectivity index (χ2n) is 5.12. The second kappa shape index (κ2) is 4.75. The van der Waals surface area contributed by atoms with Gasteiger partial charge in [-0.25, -0.2) is 4.98 Å². The predicted octanol–water partition coefficient (Wildman–Crippen LogP) is 3.28. The molecule has 1 saturated heterocycles. The fraction of sp³-hybridized carbons (Fsp3) is 0.286. The average molecular weight is 305 g/mol. The van der Waals surface area contributed by atoms with E-state index in [1.54, 1.807) is 17.5 Å². The minimum Gasteiger partial charge on any atom is -0.347 e. The molecule has 0 amide bonds. The van der Waals surface area contributed by atoms with E-state index in [2.05, 4.69) is 33.2 Å². The van der Waals surface area contributed by atoms with Crippen molar-refractivity contribution in [3.8, 4) is 0 Å². The number of halogens is 1. The highest BCUT2D eigenvalue weighted by atomic mass is 35.5. The number of nitrogens with zero attached hydrogens (tertiary/aromatic N) is 4. The summed E-state index contributed by atoms with van der Waals surface area (Å²) < 4.78 is 3.17. The van der Waals surface area contributed by atoms with Crippen molar-refractivity contribution in [3.05, 3.63) is 41.7 Å². The number of fused-ring (bicyclic) bond motifs is 1. The lowest BCUT2D eigenvalue weighted by Crippen LogP contribution is -2.48. The van der Waals surface area contributed by atoms with Crippen LogP contribution in [0.4, 0.5) is 5.13 Å². The first-order valence-electron chi connectivity index (χ1n) is 6.56. The third-order valence-electron chi connectivity index (χ3n) is 3.56. The molecule has 1 aliphatic heterocycles. The van der Waals surface area contributed by atoms with Crippen molar-refractivity contribution in [3.63, 3.8) is 0 Å². The fourth-order valence-electron chi connectivity index (χ4n) is 2.54. The maximum Gasteiger partial charge on any atom is 0.186 e. The van der Waals surface area contributed by atoms with Gasteiger partial charge in [0.25, 0.3) is 0 Å². The van der Waals surface area contributed by atoms with E-state index < -0.39 is 0 Å². The maximum atomic E-state index is 5.87. The van der Waals surface area contributed by atoms with Gasteiger partial charge in [-0.1, -0.05) is 35.1 Å². The summed E-state index contributed by atoms with van der Waals surface area (Å²) in [7, 11) is 0. The molecule has 0 radical (unpaired) electrons. The molecule has 2 aromatic heterocycles. The molecule has 102 valence electrons. The molecule has 4 nitrogen and oxygen atoms in total. The molecule has 0 unspecified atom stereocenters. The van der Waals surface area contributed by atoms with Crippen LogP contribution in [0.1, 0.15) is 0 Å². The molecule has 4 rings (SSSR count). The van der Waals surface area contributed by atoms with Crippen molar-refractivity contribution < 1.29 is 0 Å². The summed E-state index contributed by atoms with van der Waals surface area (Å²) in [6.45, 7) is 3.00. The molecule has 0 N–H and O–H groups in total. The molecule has 1 aliphatic rings. The summed E-state index contributed by atoms with van der Waals surface area (Å²) in [5.74, 6) is 0.623. The molecule has 20 heavy (non-hydrogen) atoms. The van der Waals surface area contributed by atoms with E-state index in [-0.39, 0.29) is 0 Å². The zero-order valence-electron chi connectivity index (χ0n) is 10.7. The molecule has 1 aromatic carbocycles. The van der Waals surface area contributed by atoms with Crippen LogP contribution in [0.15, 0.2) is 36.7 Å². The van der Waals surface area contributed by atoms with Gasteiger partial charge in [-0.3, -0.25) is 4.68 Å². The Bertz CT molecular complexity index is 711. The van der Waals surface area contributed by atoms with Gasteiger partial charge in [0.2, 0.25) is 0 Å². The summed E-state index contributed by atoms with van der Waals surface area (Å²) in [5.41, 5.74) is 1.09. The number of benzene rings is 1. The number of aromatic nitrogens is 3. The van der Waals surface area contributed by atoms with Gasteiger partial charge < -0.3 is 4.90 Å². The molecule has 0 atom stereocenters. The standard InChI is InChI=1S/C14H13ClN4S/c15-11-5-16-19(9-11)8-10-6-18(7-10)14-17-12-3-1-2-4-13(12)20-14/h1-5,9-10H,6-8H2. The highest BCUT2D eigenvalue weighted by Crippen LogP contribution is 2.33. The molecule has 0 aliphatic carbocycles. The van der Waals surface area contributed by atoms with Gasteiger partial charge in [-0.2, -0.15) is 5.10 Å². The van der Waals surface area contributed by atoms with E-state index in [0.29, 0.717) is 10.9 Å². The van der Waals surface area contributed by atoms with E-state index in [9.17, 15) is 0 Å². The Kier molecular flexibility index (Phi) is 2.89. The lowest BCUT2D eigenvalue weighted by Gasteiger charge is -2.39. The second-order valence-corrected chi connectivity index (χ2v) is 6.56. The molecule has 0 saturated carbocycles. The summed E-state index contributed by atoms with van der Waals surface area (Å²) in [5, 5.41) is 6.05. The SMILES string of the molecule is Clc1cnn(CC2CN(c3nc4ccccc4s3)C2)c1. The van der Waals surface area contributed by atoms with E-state index >= 15 is 0 Å². The zero-order chi connectivity index (χ0) is 13.5. The van der Waals surface area contributed by atoms with Crippen LogP contribution in [-0.4, -0.2) is 27.9 Å². The van der Waals surface area contributed by atoms with E-state index in [4.69, 9.17) is 11.6 Å². The van der Waals surface area contributed by atoms with Crippen molar-refractivity contribution in [2.45, 2.75) is 6.54 Å². The first-order valence-corrected chi connectivity index (χ1v) is 7.76. The molecular formula is C14H13ClN4S. The Hall–Kier alpha value is -1.59. The van der Waals surface area contributed by atoms with Gasteiger partial charge in [0.05, 0.1) is 21.4 Å². The molecule has 1 fully saturated rings. The first kappa shape index (κ1) is 12.2. The van der Waals surface area contributed by atoms with Gasteiger partial charge in [-0.15, -0.1) is 0 Å². The highest BCUT2D eigenvalue weighted by Gasteiger charge is 2.29. The summed E-state index contributed by atoms with van der Waals surface area (Å²) >= 11 is 7.64. The number of thiazole rings is 1. The Balaban J connectivity index is 1.43. The average Bonchev–Trinajstić information content (AvgIpc) is 2.98. The van der Waals surface area contributed by atoms with Crippen molar-refractivity contribution in [2.24, 2.45) is 5.92 Å². The molecular weight excluding hydrogens is 292 g/mol. The maximum absolute atomic E-state index is 5.87. The van der Waals surface area contributed by atoms with Gasteiger partial charge in [0.15, 0.2) is 5.13 Å². The Labute approximate surface area is 125 Å². The zero-order valence-corrected chi connectivity index (χ0v) is 12.3. The van der Waals surface area contributed by atoms with Crippen LogP contribution in [0.3, 0.4) is 0 Å². The minimum absolute atomic E-state index is 0.623. The van der Waals surface area contributed by atoms with Crippen molar-refractivity contribution >= 4 is 38.3 Å². The van der Waals surface area contributed by atoms with Crippen molar-refractivity contribution in [2.75, 3.05) is 18.0 Å². The van der Waals surface area contributed by atoms with Crippen molar-refractivity contribution in [1.29, 1.82) is 0 Å². The summed E-state index contributed by atoms with van der Waals surface area (Å²) in [6.07, 6.45) is 3.56. The van der Waals surface area contributed by atoms with Crippen LogP contribution in [0, 0.1) is 5.92 Å². The van der Waals surface area contributed by atoms with Gasteiger partial charge in [-0.05, 0) is 12.1 Å². The predicted molar refractivity (Wildman–Crippen MR) is 82.6 cm³/mol. The van der Waals surface area contributed by atoms with Crippen molar-refractivity contribution in [1.82, 2.24) is 14.8 Å². The van der Waals surface area contributed by atoms with E-state index in [1.165, 1.54) is 4.70 Å². The van der Waals surface area contributed by atoms with Crippen LogP contribution >= 0.6 is 22.9 Å². The van der Waals surface area contributed by atoms with Gasteiger partial charge in [0, 0.05) is 31.7 Å². The molecule has 3 aromatic rings. The largest absolute Gasteiger partial charge is 0.347 e. The highest BCUT2D eigenvalue weighted by molar-refractivity contribution is 7.22. The van der Waals surface area contributed by atoms with Crippen LogP contribution in [-0.2, 0) is 6.54 Å². The number of para-hydroxylation sites is 1. The summed E-state index contributed by atoms with van der Waals surface area (Å²) in [4.78, 5) is 7.01. The molecule has 6 heteroatoms. The van der Waals surface area contributed by atoms with E-state index in [1.807, 2.05) is 16.9 Å². The van der Waals surface area contributed by atoms with Gasteiger partial charge >= 0.3 is 0 Å². The Morgan fingerprint density at radius 2 is 2.15 bits per heavy atom. The quantitative estimate of drug-likeness (QED) is 0.744.